The third-order valence-corrected chi connectivity index (χ3v) is 4.10. The van der Waals surface area contributed by atoms with Crippen LogP contribution in [0.2, 0.25) is 0 Å². The van der Waals surface area contributed by atoms with Gasteiger partial charge in [-0.3, -0.25) is 9.59 Å². The van der Waals surface area contributed by atoms with Crippen LogP contribution in [0.3, 0.4) is 0 Å². The zero-order chi connectivity index (χ0) is 15.6. The number of hydrogen-bond acceptors (Lipinski definition) is 2. The molecule has 1 aromatic rings. The van der Waals surface area contributed by atoms with Crippen LogP contribution in [0.25, 0.3) is 0 Å². The Labute approximate surface area is 121 Å². The molecule has 4 nitrogen and oxygen atoms in total. The number of halogens is 2. The van der Waals surface area contributed by atoms with Gasteiger partial charge in [-0.25, -0.2) is 8.78 Å². The number of carbonyl (C=O) groups excluding carboxylic acids is 1. The van der Waals surface area contributed by atoms with Crippen LogP contribution in [0.15, 0.2) is 18.2 Å². The van der Waals surface area contributed by atoms with Crippen molar-refractivity contribution in [2.45, 2.75) is 26.2 Å². The maximum atomic E-state index is 13.5. The second-order valence-electron chi connectivity index (χ2n) is 5.39. The summed E-state index contributed by atoms with van der Waals surface area (Å²) >= 11 is 0. The number of aliphatic carboxylic acids is 1. The van der Waals surface area contributed by atoms with Crippen molar-refractivity contribution in [3.63, 3.8) is 0 Å². The van der Waals surface area contributed by atoms with E-state index in [9.17, 15) is 23.5 Å². The molecule has 0 heterocycles. The highest BCUT2D eigenvalue weighted by Gasteiger charge is 2.42. The molecule has 21 heavy (non-hydrogen) atoms. The second kappa shape index (κ2) is 6.20. The lowest BCUT2D eigenvalue weighted by Crippen LogP contribution is -2.30. The van der Waals surface area contributed by atoms with Gasteiger partial charge in [-0.1, -0.05) is 19.4 Å². The zero-order valence-corrected chi connectivity index (χ0v) is 11.6. The molecule has 1 saturated carbocycles. The van der Waals surface area contributed by atoms with E-state index in [-0.39, 0.29) is 11.6 Å². The van der Waals surface area contributed by atoms with Gasteiger partial charge in [0, 0.05) is 0 Å². The highest BCUT2D eigenvalue weighted by molar-refractivity contribution is 5.95. The number of benzene rings is 1. The Kier molecular flexibility index (Phi) is 4.55. The van der Waals surface area contributed by atoms with Gasteiger partial charge in [0.05, 0.1) is 17.5 Å². The molecule has 1 fully saturated rings. The number of anilines is 1. The average Bonchev–Trinajstić information content (AvgIpc) is 2.88. The fourth-order valence-corrected chi connectivity index (χ4v) is 2.86. The Morgan fingerprint density at radius 1 is 1.29 bits per heavy atom. The van der Waals surface area contributed by atoms with E-state index in [0.29, 0.717) is 12.8 Å². The van der Waals surface area contributed by atoms with E-state index in [1.165, 1.54) is 12.1 Å². The Hall–Kier alpha value is -1.98. The number of carboxylic acid groups (broad SMARTS) is 1. The maximum Gasteiger partial charge on any atom is 0.307 e. The van der Waals surface area contributed by atoms with E-state index in [1.807, 2.05) is 6.92 Å². The predicted molar refractivity (Wildman–Crippen MR) is 72.6 cm³/mol. The van der Waals surface area contributed by atoms with Crippen LogP contribution in [0.1, 0.15) is 26.2 Å². The van der Waals surface area contributed by atoms with Crippen molar-refractivity contribution in [2.75, 3.05) is 5.32 Å². The average molecular weight is 297 g/mol. The lowest BCUT2D eigenvalue weighted by atomic mass is 9.95. The Bertz CT molecular complexity index is 562. The van der Waals surface area contributed by atoms with Crippen molar-refractivity contribution in [1.29, 1.82) is 0 Å². The topological polar surface area (TPSA) is 66.4 Å². The number of nitrogens with one attached hydrogen (secondary N) is 1. The first-order chi connectivity index (χ1) is 9.93. The van der Waals surface area contributed by atoms with E-state index < -0.39 is 35.3 Å². The summed E-state index contributed by atoms with van der Waals surface area (Å²) in [5.41, 5.74) is -0.260. The van der Waals surface area contributed by atoms with E-state index in [0.717, 1.165) is 12.5 Å². The molecule has 2 N–H and O–H groups in total. The molecule has 2 rings (SSSR count). The van der Waals surface area contributed by atoms with Gasteiger partial charge in [0.1, 0.15) is 0 Å². The van der Waals surface area contributed by atoms with Gasteiger partial charge >= 0.3 is 5.97 Å². The van der Waals surface area contributed by atoms with Crippen LogP contribution in [0, 0.1) is 29.4 Å². The SMILES string of the molecule is CCC1C[C@H](C(=O)Nc2cccc(F)c2F)[C@H](C(=O)O)C1. The standard InChI is InChI=1S/C15H17F2NO3/c1-2-8-6-9(10(7-8)15(20)21)14(19)18-12-5-3-4-11(16)13(12)17/h3-5,8-10H,2,6-7H2,1H3,(H,18,19)(H,20,21)/t8?,9-,10+/m0/s1. The number of hydrogen-bond donors (Lipinski definition) is 2. The highest BCUT2D eigenvalue weighted by atomic mass is 19.2. The van der Waals surface area contributed by atoms with Gasteiger partial charge < -0.3 is 10.4 Å². The fraction of sp³-hybridized carbons (Fsp3) is 0.467. The van der Waals surface area contributed by atoms with Crippen molar-refractivity contribution >= 4 is 17.6 Å². The molecule has 1 aromatic carbocycles. The number of amides is 1. The molecule has 0 aliphatic heterocycles. The van der Waals surface area contributed by atoms with Gasteiger partial charge in [-0.05, 0) is 30.9 Å². The largest absolute Gasteiger partial charge is 0.481 e. The monoisotopic (exact) mass is 297 g/mol. The molecule has 0 aromatic heterocycles. The van der Waals surface area contributed by atoms with Gasteiger partial charge in [0.25, 0.3) is 0 Å². The van der Waals surface area contributed by atoms with E-state index in [4.69, 9.17) is 0 Å². The first kappa shape index (κ1) is 15.4. The van der Waals surface area contributed by atoms with Crippen molar-refractivity contribution in [3.8, 4) is 0 Å². The summed E-state index contributed by atoms with van der Waals surface area (Å²) in [6, 6.07) is 3.48. The molecule has 0 bridgehead atoms. The van der Waals surface area contributed by atoms with E-state index in [2.05, 4.69) is 5.32 Å². The highest BCUT2D eigenvalue weighted by Crippen LogP contribution is 2.39. The second-order valence-corrected chi connectivity index (χ2v) is 5.39. The molecule has 1 aliphatic rings. The van der Waals surface area contributed by atoms with Crippen LogP contribution in [0.4, 0.5) is 14.5 Å². The van der Waals surface area contributed by atoms with Crippen LogP contribution < -0.4 is 5.32 Å². The molecule has 1 unspecified atom stereocenters. The van der Waals surface area contributed by atoms with E-state index in [1.54, 1.807) is 0 Å². The summed E-state index contributed by atoms with van der Waals surface area (Å²) < 4.78 is 26.6. The van der Waals surface area contributed by atoms with Crippen molar-refractivity contribution in [2.24, 2.45) is 17.8 Å². The zero-order valence-electron chi connectivity index (χ0n) is 11.6. The summed E-state index contributed by atoms with van der Waals surface area (Å²) in [5.74, 6) is -5.10. The van der Waals surface area contributed by atoms with Crippen molar-refractivity contribution in [1.82, 2.24) is 0 Å². The van der Waals surface area contributed by atoms with Gasteiger partial charge in [-0.2, -0.15) is 0 Å². The Morgan fingerprint density at radius 2 is 1.95 bits per heavy atom. The minimum atomic E-state index is -1.14. The minimum absolute atomic E-state index is 0.166. The number of rotatable bonds is 4. The summed E-state index contributed by atoms with van der Waals surface area (Å²) in [7, 11) is 0. The normalized spacial score (nSPS) is 24.8. The molecular formula is C15H17F2NO3. The van der Waals surface area contributed by atoms with Gasteiger partial charge in [0.15, 0.2) is 11.6 Å². The van der Waals surface area contributed by atoms with Crippen molar-refractivity contribution in [3.05, 3.63) is 29.8 Å². The molecule has 114 valence electrons. The molecular weight excluding hydrogens is 280 g/mol. The maximum absolute atomic E-state index is 13.5. The van der Waals surface area contributed by atoms with Crippen LogP contribution >= 0.6 is 0 Å². The van der Waals surface area contributed by atoms with Crippen LogP contribution in [-0.4, -0.2) is 17.0 Å². The van der Waals surface area contributed by atoms with Gasteiger partial charge in [-0.15, -0.1) is 0 Å². The molecule has 3 atom stereocenters. The van der Waals surface area contributed by atoms with Gasteiger partial charge in [0.2, 0.25) is 5.91 Å². The lowest BCUT2D eigenvalue weighted by Gasteiger charge is -2.16. The quantitative estimate of drug-likeness (QED) is 0.897. The molecule has 1 aliphatic carbocycles. The van der Waals surface area contributed by atoms with Crippen LogP contribution in [-0.2, 0) is 9.59 Å². The summed E-state index contributed by atoms with van der Waals surface area (Å²) in [6.07, 6.45) is 1.69. The summed E-state index contributed by atoms with van der Waals surface area (Å²) in [5, 5.41) is 11.5. The first-order valence-corrected chi connectivity index (χ1v) is 6.91. The Balaban J connectivity index is 2.15. The number of carboxylic acids is 1. The van der Waals surface area contributed by atoms with Crippen molar-refractivity contribution < 1.29 is 23.5 Å². The molecule has 1 amide bonds. The smallest absolute Gasteiger partial charge is 0.307 e. The number of carbonyl (C=O) groups is 2. The fourth-order valence-electron chi connectivity index (χ4n) is 2.86. The third-order valence-electron chi connectivity index (χ3n) is 4.10. The van der Waals surface area contributed by atoms with Crippen LogP contribution in [0.5, 0.6) is 0 Å². The lowest BCUT2D eigenvalue weighted by molar-refractivity contribution is -0.145. The van der Waals surface area contributed by atoms with E-state index >= 15 is 0 Å². The summed E-state index contributed by atoms with van der Waals surface area (Å²) in [4.78, 5) is 23.4. The first-order valence-electron chi connectivity index (χ1n) is 6.91. The molecule has 0 saturated heterocycles. The third kappa shape index (κ3) is 3.20. The molecule has 6 heteroatoms. The molecule has 0 spiro atoms. The predicted octanol–water partition coefficient (Wildman–Crippen LogP) is 3.04. The molecule has 0 radical (unpaired) electrons. The summed E-state index contributed by atoms with van der Waals surface area (Å²) in [6.45, 7) is 1.94. The minimum Gasteiger partial charge on any atom is -0.481 e. The Morgan fingerprint density at radius 3 is 2.57 bits per heavy atom.